The van der Waals surface area contributed by atoms with Crippen LogP contribution in [0.1, 0.15) is 94.6 Å². The molecule has 0 bridgehead atoms. The van der Waals surface area contributed by atoms with Gasteiger partial charge >= 0.3 is 0 Å². The Balaban J connectivity index is 1.52. The minimum atomic E-state index is -1.27. The summed E-state index contributed by atoms with van der Waals surface area (Å²) in [7, 11) is 0. The Labute approximate surface area is 338 Å². The zero-order valence-electron chi connectivity index (χ0n) is 34.1. The quantitative estimate of drug-likeness (QED) is 0.0623. The maximum Gasteiger partial charge on any atom is 0.251 e. The number of amides is 4. The summed E-state index contributed by atoms with van der Waals surface area (Å²) in [6.45, 7) is 10.6. The molecule has 4 amide bonds. The molecule has 3 aromatic carbocycles. The molecule has 0 aliphatic heterocycles. The van der Waals surface area contributed by atoms with Crippen LogP contribution in [0, 0.1) is 11.8 Å². The fourth-order valence-electron chi connectivity index (χ4n) is 6.54. The number of aliphatic hydroxyl groups excluding tert-OH is 2. The lowest BCUT2D eigenvalue weighted by atomic mass is 9.96. The maximum absolute atomic E-state index is 13.4. The van der Waals surface area contributed by atoms with Crippen molar-refractivity contribution in [2.75, 3.05) is 6.54 Å². The van der Waals surface area contributed by atoms with E-state index in [4.69, 9.17) is 0 Å². The SMILES string of the molecule is CC(C)CC(NC(=O)CCC(=O)C(Cc1ccccc1)NC(=O)c1ccccc1)C(O)CC(=O)NC(C)C(=O)NC(CC(C)C)C(O)CCNCc1ccccc1. The van der Waals surface area contributed by atoms with Crippen LogP contribution in [0.3, 0.4) is 0 Å². The minimum Gasteiger partial charge on any atom is -0.391 e. The van der Waals surface area contributed by atoms with E-state index in [0.717, 1.165) is 11.1 Å². The lowest BCUT2D eigenvalue weighted by Gasteiger charge is -2.28. The van der Waals surface area contributed by atoms with Gasteiger partial charge in [0.1, 0.15) is 6.04 Å². The Kier molecular flexibility index (Phi) is 20.1. The average molecular weight is 786 g/mol. The third kappa shape index (κ3) is 17.8. The monoisotopic (exact) mass is 785 g/mol. The van der Waals surface area contributed by atoms with Gasteiger partial charge in [-0.2, -0.15) is 0 Å². The van der Waals surface area contributed by atoms with E-state index < -0.39 is 60.0 Å². The van der Waals surface area contributed by atoms with Crippen LogP contribution in [0.15, 0.2) is 91.0 Å². The molecule has 12 nitrogen and oxygen atoms in total. The van der Waals surface area contributed by atoms with Gasteiger partial charge in [-0.1, -0.05) is 107 Å². The number of carbonyl (C=O) groups is 5. The zero-order chi connectivity index (χ0) is 41.7. The van der Waals surface area contributed by atoms with Gasteiger partial charge in [-0.3, -0.25) is 24.0 Å². The summed E-state index contributed by atoms with van der Waals surface area (Å²) in [6, 6.07) is 24.7. The summed E-state index contributed by atoms with van der Waals surface area (Å²) in [5, 5.41) is 36.6. The van der Waals surface area contributed by atoms with Crippen LogP contribution in [0.25, 0.3) is 0 Å². The number of nitrogens with one attached hydrogen (secondary N) is 5. The molecule has 0 aliphatic rings. The fraction of sp³-hybridized carbons (Fsp3) is 0.489. The number of benzene rings is 3. The normalized spacial score (nSPS) is 14.5. The highest BCUT2D eigenvalue weighted by Crippen LogP contribution is 2.15. The number of carbonyl (C=O) groups excluding carboxylic acids is 5. The second-order valence-electron chi connectivity index (χ2n) is 15.7. The standard InChI is InChI=1S/C45H63N5O7/c1-30(2)25-36(40(52)23-24-46-29-34-17-11-7-12-18-34)49-44(56)32(5)47-43(55)28-41(53)37(26-31(3)4)48-42(54)22-21-39(51)38(27-33-15-9-6-10-16-33)50-45(57)35-19-13-8-14-20-35/h6-20,30-32,36-38,40-41,46,52-53H,21-29H2,1-5H3,(H,47,55)(H,48,54)(H,49,56)(H,50,57). The predicted molar refractivity (Wildman–Crippen MR) is 222 cm³/mol. The Bertz CT molecular complexity index is 1670. The van der Waals surface area contributed by atoms with Crippen molar-refractivity contribution in [2.45, 2.75) is 122 Å². The molecule has 0 aliphatic carbocycles. The van der Waals surface area contributed by atoms with E-state index in [1.807, 2.05) is 88.4 Å². The maximum atomic E-state index is 13.4. The Hall–Kier alpha value is -4.91. The van der Waals surface area contributed by atoms with Gasteiger partial charge in [-0.15, -0.1) is 0 Å². The van der Waals surface area contributed by atoms with Crippen molar-refractivity contribution in [3.05, 3.63) is 108 Å². The predicted octanol–water partition coefficient (Wildman–Crippen LogP) is 4.24. The molecular weight excluding hydrogens is 723 g/mol. The number of hydrogen-bond acceptors (Lipinski definition) is 8. The molecule has 0 fully saturated rings. The average Bonchev–Trinajstić information content (AvgIpc) is 3.18. The number of aliphatic hydroxyl groups is 2. The Morgan fingerprint density at radius 2 is 1.14 bits per heavy atom. The second-order valence-corrected chi connectivity index (χ2v) is 15.7. The molecule has 12 heteroatoms. The Morgan fingerprint density at radius 3 is 1.72 bits per heavy atom. The molecule has 0 radical (unpaired) electrons. The van der Waals surface area contributed by atoms with Crippen LogP contribution in [0.2, 0.25) is 0 Å². The van der Waals surface area contributed by atoms with E-state index in [9.17, 15) is 34.2 Å². The highest BCUT2D eigenvalue weighted by atomic mass is 16.3. The van der Waals surface area contributed by atoms with Gasteiger partial charge in [0.2, 0.25) is 17.7 Å². The Morgan fingerprint density at radius 1 is 0.596 bits per heavy atom. The van der Waals surface area contributed by atoms with Crippen molar-refractivity contribution in [3.63, 3.8) is 0 Å². The van der Waals surface area contributed by atoms with Crippen molar-refractivity contribution in [3.8, 4) is 0 Å². The molecule has 0 saturated carbocycles. The number of Topliss-reactive ketones (excluding diaryl/α,β-unsaturated/α-hetero) is 1. The van der Waals surface area contributed by atoms with E-state index in [-0.39, 0.29) is 43.3 Å². The molecule has 310 valence electrons. The lowest BCUT2D eigenvalue weighted by Crippen LogP contribution is -2.53. The topological polar surface area (TPSA) is 186 Å². The van der Waals surface area contributed by atoms with Crippen molar-refractivity contribution >= 4 is 29.4 Å². The van der Waals surface area contributed by atoms with Crippen LogP contribution in [-0.4, -0.2) is 82.5 Å². The van der Waals surface area contributed by atoms with Crippen LogP contribution >= 0.6 is 0 Å². The fourth-order valence-corrected chi connectivity index (χ4v) is 6.54. The number of ketones is 1. The van der Waals surface area contributed by atoms with E-state index in [1.54, 1.807) is 30.3 Å². The van der Waals surface area contributed by atoms with Crippen LogP contribution in [0.5, 0.6) is 0 Å². The van der Waals surface area contributed by atoms with Crippen LogP contribution in [-0.2, 0) is 32.1 Å². The third-order valence-corrected chi connectivity index (χ3v) is 9.62. The van der Waals surface area contributed by atoms with Crippen molar-refractivity contribution in [1.82, 2.24) is 26.6 Å². The summed E-state index contributed by atoms with van der Waals surface area (Å²) in [4.78, 5) is 65.8. The number of rotatable bonds is 25. The molecule has 3 rings (SSSR count). The summed E-state index contributed by atoms with van der Waals surface area (Å²) < 4.78 is 0. The van der Waals surface area contributed by atoms with Gasteiger partial charge in [0, 0.05) is 24.9 Å². The molecule has 57 heavy (non-hydrogen) atoms. The summed E-state index contributed by atoms with van der Waals surface area (Å²) in [6.07, 6.45) is -1.18. The minimum absolute atomic E-state index is 0.0562. The van der Waals surface area contributed by atoms with Gasteiger partial charge in [0.25, 0.3) is 5.91 Å². The molecule has 6 unspecified atom stereocenters. The van der Waals surface area contributed by atoms with Gasteiger partial charge in [0.05, 0.1) is 36.8 Å². The molecule has 0 saturated heterocycles. The van der Waals surface area contributed by atoms with Gasteiger partial charge in [-0.05, 0) is 74.2 Å². The largest absolute Gasteiger partial charge is 0.391 e. The van der Waals surface area contributed by atoms with E-state index >= 15 is 0 Å². The van der Waals surface area contributed by atoms with Crippen molar-refractivity contribution in [2.24, 2.45) is 11.8 Å². The molecule has 7 N–H and O–H groups in total. The van der Waals surface area contributed by atoms with E-state index in [0.29, 0.717) is 37.9 Å². The van der Waals surface area contributed by atoms with E-state index in [2.05, 4.69) is 26.6 Å². The summed E-state index contributed by atoms with van der Waals surface area (Å²) >= 11 is 0. The van der Waals surface area contributed by atoms with E-state index in [1.165, 1.54) is 6.92 Å². The lowest BCUT2D eigenvalue weighted by molar-refractivity contribution is -0.131. The molecule has 6 atom stereocenters. The number of hydrogen-bond donors (Lipinski definition) is 7. The van der Waals surface area contributed by atoms with Crippen LogP contribution in [0.4, 0.5) is 0 Å². The molecule has 3 aromatic rings. The molecular formula is C45H63N5O7. The summed E-state index contributed by atoms with van der Waals surface area (Å²) in [5.74, 6) is -1.96. The first-order valence-electron chi connectivity index (χ1n) is 20.1. The zero-order valence-corrected chi connectivity index (χ0v) is 34.1. The molecule has 0 heterocycles. The molecule has 0 aromatic heterocycles. The van der Waals surface area contributed by atoms with Gasteiger partial charge in [0.15, 0.2) is 5.78 Å². The van der Waals surface area contributed by atoms with Crippen molar-refractivity contribution in [1.29, 1.82) is 0 Å². The highest BCUT2D eigenvalue weighted by Gasteiger charge is 2.29. The smallest absolute Gasteiger partial charge is 0.251 e. The first kappa shape index (κ1) is 46.5. The first-order chi connectivity index (χ1) is 27.2. The first-order valence-corrected chi connectivity index (χ1v) is 20.1. The second kappa shape index (κ2) is 24.7. The van der Waals surface area contributed by atoms with Crippen LogP contribution < -0.4 is 26.6 Å². The van der Waals surface area contributed by atoms with Gasteiger partial charge in [-0.25, -0.2) is 0 Å². The van der Waals surface area contributed by atoms with Crippen molar-refractivity contribution < 1.29 is 34.2 Å². The third-order valence-electron chi connectivity index (χ3n) is 9.62. The molecule has 0 spiro atoms. The van der Waals surface area contributed by atoms with Gasteiger partial charge < -0.3 is 36.8 Å². The highest BCUT2D eigenvalue weighted by molar-refractivity contribution is 5.98. The summed E-state index contributed by atoms with van der Waals surface area (Å²) in [5.41, 5.74) is 2.40.